The van der Waals surface area contributed by atoms with E-state index in [4.69, 9.17) is 4.42 Å². The Labute approximate surface area is 179 Å². The number of benzene rings is 1. The molecule has 3 heterocycles. The van der Waals surface area contributed by atoms with E-state index < -0.39 is 5.63 Å². The molecule has 0 bridgehead atoms. The Morgan fingerprint density at radius 3 is 2.52 bits per heavy atom. The van der Waals surface area contributed by atoms with Crippen molar-refractivity contribution >= 4 is 16.9 Å². The number of hydrogen-bond acceptors (Lipinski definition) is 5. The smallest absolute Gasteiger partial charge is 0.349 e. The lowest BCUT2D eigenvalue weighted by molar-refractivity contribution is 0.0705. The third-order valence-corrected chi connectivity index (χ3v) is 6.69. The average molecular weight is 422 g/mol. The van der Waals surface area contributed by atoms with Crippen molar-refractivity contribution in [3.8, 4) is 0 Å². The first kappa shape index (κ1) is 19.8. The van der Waals surface area contributed by atoms with E-state index in [0.29, 0.717) is 31.5 Å². The number of fused-ring (bicyclic) bond motifs is 1. The van der Waals surface area contributed by atoms with Crippen LogP contribution < -0.4 is 11.3 Å². The normalized spacial score (nSPS) is 18.2. The molecule has 5 rings (SSSR count). The van der Waals surface area contributed by atoms with Gasteiger partial charge in [-0.2, -0.15) is 5.10 Å². The molecule has 0 unspecified atom stereocenters. The number of para-hydroxylation sites is 1. The highest BCUT2D eigenvalue weighted by atomic mass is 16.4. The van der Waals surface area contributed by atoms with Crippen molar-refractivity contribution in [1.82, 2.24) is 19.2 Å². The third kappa shape index (κ3) is 3.49. The van der Waals surface area contributed by atoms with Crippen molar-refractivity contribution in [2.45, 2.75) is 50.5 Å². The maximum Gasteiger partial charge on any atom is 0.349 e. The summed E-state index contributed by atoms with van der Waals surface area (Å²) in [6.45, 7) is 1.04. The number of rotatable bonds is 3. The van der Waals surface area contributed by atoms with Gasteiger partial charge in [-0.25, -0.2) is 14.3 Å². The van der Waals surface area contributed by atoms with E-state index in [1.807, 2.05) is 16.7 Å². The number of hydrogen-bond donors (Lipinski definition) is 0. The molecule has 0 spiro atoms. The van der Waals surface area contributed by atoms with E-state index in [1.54, 1.807) is 30.1 Å². The largest absolute Gasteiger partial charge is 0.422 e. The van der Waals surface area contributed by atoms with Crippen LogP contribution in [0.4, 0.5) is 0 Å². The zero-order valence-electron chi connectivity index (χ0n) is 17.6. The Morgan fingerprint density at radius 2 is 1.77 bits per heavy atom. The molecule has 1 saturated carbocycles. The minimum Gasteiger partial charge on any atom is -0.422 e. The zero-order valence-corrected chi connectivity index (χ0v) is 17.6. The number of aryl methyl sites for hydroxylation is 1. The summed E-state index contributed by atoms with van der Waals surface area (Å²) in [5.41, 5.74) is -0.111. The van der Waals surface area contributed by atoms with Crippen molar-refractivity contribution in [1.29, 1.82) is 0 Å². The lowest BCUT2D eigenvalue weighted by Crippen LogP contribution is -2.40. The second-order valence-corrected chi connectivity index (χ2v) is 8.62. The number of nitrogens with zero attached hydrogens (tertiary/aromatic N) is 4. The Hall–Kier alpha value is -3.16. The van der Waals surface area contributed by atoms with Gasteiger partial charge in [0.25, 0.3) is 5.91 Å². The fraction of sp³-hybridized carbons (Fsp3) is 0.478. The van der Waals surface area contributed by atoms with Crippen LogP contribution in [0.25, 0.3) is 11.0 Å². The van der Waals surface area contributed by atoms with Crippen LogP contribution in [0.3, 0.4) is 0 Å². The van der Waals surface area contributed by atoms with E-state index in [0.717, 1.165) is 36.9 Å². The highest BCUT2D eigenvalue weighted by molar-refractivity contribution is 5.96. The number of amides is 1. The van der Waals surface area contributed by atoms with Gasteiger partial charge in [0.15, 0.2) is 0 Å². The molecule has 1 saturated heterocycles. The van der Waals surface area contributed by atoms with Crippen LogP contribution in [0.15, 0.2) is 44.3 Å². The zero-order chi connectivity index (χ0) is 21.5. The maximum atomic E-state index is 13.0. The van der Waals surface area contributed by atoms with Crippen molar-refractivity contribution in [3.05, 3.63) is 62.6 Å². The molecule has 2 fully saturated rings. The quantitative estimate of drug-likeness (QED) is 0.606. The van der Waals surface area contributed by atoms with Crippen molar-refractivity contribution in [2.24, 2.45) is 7.05 Å². The fourth-order valence-corrected chi connectivity index (χ4v) is 5.00. The molecule has 1 aromatic carbocycles. The van der Waals surface area contributed by atoms with E-state index in [2.05, 4.69) is 5.10 Å². The van der Waals surface area contributed by atoms with Crippen LogP contribution in [-0.2, 0) is 7.05 Å². The first-order valence-electron chi connectivity index (χ1n) is 11.0. The monoisotopic (exact) mass is 422 g/mol. The highest BCUT2D eigenvalue weighted by Crippen LogP contribution is 2.33. The average Bonchev–Trinajstić information content (AvgIpc) is 3.41. The van der Waals surface area contributed by atoms with Gasteiger partial charge in [-0.3, -0.25) is 9.36 Å². The van der Waals surface area contributed by atoms with Gasteiger partial charge in [0.05, 0.1) is 0 Å². The van der Waals surface area contributed by atoms with E-state index >= 15 is 0 Å². The highest BCUT2D eigenvalue weighted by Gasteiger charge is 2.32. The Kier molecular flexibility index (Phi) is 5.00. The molecule has 31 heavy (non-hydrogen) atoms. The van der Waals surface area contributed by atoms with Gasteiger partial charge >= 0.3 is 11.3 Å². The van der Waals surface area contributed by atoms with Crippen LogP contribution in [0.5, 0.6) is 0 Å². The molecular formula is C23H26N4O4. The molecule has 0 N–H and O–H groups in total. The lowest BCUT2D eigenvalue weighted by Gasteiger charge is -2.32. The van der Waals surface area contributed by atoms with Crippen LogP contribution in [0, 0.1) is 0 Å². The predicted octanol–water partition coefficient (Wildman–Crippen LogP) is 2.82. The lowest BCUT2D eigenvalue weighted by atomic mass is 9.95. The predicted molar refractivity (Wildman–Crippen MR) is 115 cm³/mol. The summed E-state index contributed by atoms with van der Waals surface area (Å²) in [4.78, 5) is 39.8. The van der Waals surface area contributed by atoms with E-state index in [-0.39, 0.29) is 29.1 Å². The first-order chi connectivity index (χ1) is 15.0. The summed E-state index contributed by atoms with van der Waals surface area (Å²) in [5, 5.41) is 5.28. The minimum atomic E-state index is -0.606. The molecule has 0 atom stereocenters. The van der Waals surface area contributed by atoms with Gasteiger partial charge in [-0.1, -0.05) is 31.0 Å². The molecule has 1 amide bonds. The van der Waals surface area contributed by atoms with Gasteiger partial charge in [0.1, 0.15) is 17.0 Å². The molecule has 2 aliphatic rings. The van der Waals surface area contributed by atoms with Gasteiger partial charge in [-0.05, 0) is 37.8 Å². The summed E-state index contributed by atoms with van der Waals surface area (Å²) in [6, 6.07) is 9.03. The third-order valence-electron chi connectivity index (χ3n) is 6.69. The summed E-state index contributed by atoms with van der Waals surface area (Å²) in [5.74, 6) is 0.676. The Morgan fingerprint density at radius 1 is 1.06 bits per heavy atom. The van der Waals surface area contributed by atoms with Crippen LogP contribution in [-0.4, -0.2) is 38.2 Å². The Bertz CT molecular complexity index is 1240. The molecule has 3 aromatic rings. The van der Waals surface area contributed by atoms with Crippen molar-refractivity contribution in [3.63, 3.8) is 0 Å². The summed E-state index contributed by atoms with van der Waals surface area (Å²) >= 11 is 0. The molecule has 8 nitrogen and oxygen atoms in total. The number of carbonyl (C=O) groups excluding carboxylic acids is 1. The molecule has 0 radical (unpaired) electrons. The molecule has 8 heteroatoms. The van der Waals surface area contributed by atoms with Gasteiger partial charge in [0, 0.05) is 37.5 Å². The summed E-state index contributed by atoms with van der Waals surface area (Å²) in [6.07, 6.45) is 5.77. The number of piperidine rings is 1. The van der Waals surface area contributed by atoms with Gasteiger partial charge in [0.2, 0.25) is 0 Å². The second-order valence-electron chi connectivity index (χ2n) is 8.62. The first-order valence-corrected chi connectivity index (χ1v) is 11.0. The fourth-order valence-electron chi connectivity index (χ4n) is 5.00. The maximum absolute atomic E-state index is 13.0. The second kappa shape index (κ2) is 7.83. The van der Waals surface area contributed by atoms with Gasteiger partial charge < -0.3 is 9.32 Å². The van der Waals surface area contributed by atoms with E-state index in [9.17, 15) is 14.4 Å². The SMILES string of the molecule is Cn1nc(C2CCN(C(=O)c3cc4ccccc4oc3=O)CC2)n(C2CCCC2)c1=O. The van der Waals surface area contributed by atoms with Crippen LogP contribution in [0.1, 0.15) is 66.7 Å². The standard InChI is InChI=1S/C23H26N4O4/c1-25-23(30)27(17-7-3-4-8-17)20(24-25)15-10-12-26(13-11-15)21(28)18-14-16-6-2-5-9-19(16)31-22(18)29/h2,5-6,9,14-15,17H,3-4,7-8,10-13H2,1H3. The Balaban J connectivity index is 1.35. The number of aromatic nitrogens is 3. The molecule has 1 aliphatic carbocycles. The molecular weight excluding hydrogens is 396 g/mol. The van der Waals surface area contributed by atoms with Gasteiger partial charge in [-0.15, -0.1) is 0 Å². The number of carbonyl (C=O) groups is 1. The topological polar surface area (TPSA) is 90.3 Å². The van der Waals surface area contributed by atoms with Crippen molar-refractivity contribution < 1.29 is 9.21 Å². The minimum absolute atomic E-state index is 0.0471. The molecule has 2 aromatic heterocycles. The number of likely N-dealkylation sites (tertiary alicyclic amines) is 1. The summed E-state index contributed by atoms with van der Waals surface area (Å²) in [7, 11) is 1.70. The van der Waals surface area contributed by atoms with Crippen LogP contribution in [0.2, 0.25) is 0 Å². The van der Waals surface area contributed by atoms with Crippen LogP contribution >= 0.6 is 0 Å². The van der Waals surface area contributed by atoms with E-state index in [1.165, 1.54) is 4.68 Å². The van der Waals surface area contributed by atoms with Crippen molar-refractivity contribution in [2.75, 3.05) is 13.1 Å². The molecule has 1 aliphatic heterocycles. The summed E-state index contributed by atoms with van der Waals surface area (Å²) < 4.78 is 8.66. The molecule has 162 valence electrons.